The molecule has 0 radical (unpaired) electrons. The van der Waals surface area contributed by atoms with Crippen LogP contribution in [0.25, 0.3) is 0 Å². The minimum Gasteiger partial charge on any atom is -0.361 e. The van der Waals surface area contributed by atoms with Crippen molar-refractivity contribution in [2.45, 2.75) is 27.5 Å². The molecule has 62 valence electrons. The van der Waals surface area contributed by atoms with Crippen LogP contribution in [0, 0.1) is 13.8 Å². The molecule has 0 unspecified atom stereocenters. The van der Waals surface area contributed by atoms with E-state index in [1.165, 1.54) is 11.1 Å². The van der Waals surface area contributed by atoms with E-state index in [2.05, 4.69) is 30.8 Å². The Morgan fingerprint density at radius 1 is 1.27 bits per heavy atom. The van der Waals surface area contributed by atoms with Crippen LogP contribution in [0.2, 0.25) is 0 Å². The van der Waals surface area contributed by atoms with Crippen molar-refractivity contribution < 1.29 is 4.74 Å². The van der Waals surface area contributed by atoms with Gasteiger partial charge in [-0.15, -0.1) is 0 Å². The maximum absolute atomic E-state index is 5.25. The lowest BCUT2D eigenvalue weighted by molar-refractivity contribution is 0.0880. The lowest BCUT2D eigenvalue weighted by atomic mass is 10.2. The van der Waals surface area contributed by atoms with Crippen LogP contribution in [0.3, 0.4) is 0 Å². The molecule has 2 heteroatoms. The molecule has 0 aliphatic carbocycles. The molecule has 2 nitrogen and oxygen atoms in total. The number of rotatable bonds is 3. The molecule has 0 saturated heterocycles. The zero-order valence-corrected chi connectivity index (χ0v) is 7.42. The lowest BCUT2D eigenvalue weighted by Gasteiger charge is -2.00. The van der Waals surface area contributed by atoms with Gasteiger partial charge in [0.05, 0.1) is 0 Å². The van der Waals surface area contributed by atoms with Crippen LogP contribution in [0.4, 0.5) is 0 Å². The monoisotopic (exact) mass is 153 g/mol. The molecule has 0 bridgehead atoms. The average Bonchev–Trinajstić information content (AvgIpc) is 2.28. The van der Waals surface area contributed by atoms with Crippen LogP contribution in [-0.2, 0) is 11.5 Å². The van der Waals surface area contributed by atoms with E-state index in [-0.39, 0.29) is 0 Å². The molecule has 0 aliphatic heterocycles. The number of hydrogen-bond donors (Lipinski definition) is 0. The third-order valence-electron chi connectivity index (χ3n) is 1.79. The van der Waals surface area contributed by atoms with E-state index in [0.717, 1.165) is 6.61 Å². The smallest absolute Gasteiger partial charge is 0.122 e. The Hall–Kier alpha value is -0.760. The third-order valence-corrected chi connectivity index (χ3v) is 1.79. The van der Waals surface area contributed by atoms with Gasteiger partial charge in [-0.25, -0.2) is 0 Å². The molecular formula is C9H15NO. The Balaban J connectivity index is 2.58. The molecule has 0 N–H and O–H groups in total. The first-order chi connectivity index (χ1) is 5.24. The number of ether oxygens (including phenoxy) is 1. The Morgan fingerprint density at radius 2 is 1.82 bits per heavy atom. The number of nitrogens with zero attached hydrogens (tertiary/aromatic N) is 1. The van der Waals surface area contributed by atoms with Gasteiger partial charge in [0, 0.05) is 19.0 Å². The molecule has 0 atom stereocenters. The van der Waals surface area contributed by atoms with Crippen LogP contribution in [-0.4, -0.2) is 11.2 Å². The minimum atomic E-state index is 0.672. The largest absolute Gasteiger partial charge is 0.361 e. The topological polar surface area (TPSA) is 14.2 Å². The highest BCUT2D eigenvalue weighted by Gasteiger charge is 1.95. The SMILES string of the molecule is CCOCn1cc(C)c(C)c1. The summed E-state index contributed by atoms with van der Waals surface area (Å²) in [6.07, 6.45) is 4.20. The van der Waals surface area contributed by atoms with E-state index in [4.69, 9.17) is 4.74 Å². The van der Waals surface area contributed by atoms with Gasteiger partial charge in [0.15, 0.2) is 0 Å². The van der Waals surface area contributed by atoms with Crippen molar-refractivity contribution in [3.63, 3.8) is 0 Å². The third kappa shape index (κ3) is 2.09. The highest BCUT2D eigenvalue weighted by Crippen LogP contribution is 2.06. The lowest BCUT2D eigenvalue weighted by Crippen LogP contribution is -1.98. The van der Waals surface area contributed by atoms with Gasteiger partial charge in [-0.2, -0.15) is 0 Å². The van der Waals surface area contributed by atoms with E-state index in [1.807, 2.05) is 6.92 Å². The second-order valence-corrected chi connectivity index (χ2v) is 2.76. The molecule has 11 heavy (non-hydrogen) atoms. The van der Waals surface area contributed by atoms with Crippen LogP contribution >= 0.6 is 0 Å². The van der Waals surface area contributed by atoms with Gasteiger partial charge in [-0.1, -0.05) is 0 Å². The average molecular weight is 153 g/mol. The molecule has 1 aromatic heterocycles. The first-order valence-electron chi connectivity index (χ1n) is 3.94. The second kappa shape index (κ2) is 3.58. The van der Waals surface area contributed by atoms with Gasteiger partial charge in [-0.05, 0) is 31.9 Å². The van der Waals surface area contributed by atoms with E-state index in [9.17, 15) is 0 Å². The summed E-state index contributed by atoms with van der Waals surface area (Å²) < 4.78 is 7.31. The van der Waals surface area contributed by atoms with E-state index in [0.29, 0.717) is 6.73 Å². The predicted octanol–water partition coefficient (Wildman–Crippen LogP) is 2.10. The van der Waals surface area contributed by atoms with Crippen molar-refractivity contribution in [2.24, 2.45) is 0 Å². The Labute approximate surface area is 67.8 Å². The Bertz CT molecular complexity index is 208. The molecule has 1 heterocycles. The van der Waals surface area contributed by atoms with Crippen LogP contribution in [0.1, 0.15) is 18.1 Å². The predicted molar refractivity (Wildman–Crippen MR) is 45.5 cm³/mol. The second-order valence-electron chi connectivity index (χ2n) is 2.76. The molecule has 0 saturated carbocycles. The van der Waals surface area contributed by atoms with Gasteiger partial charge in [-0.3, -0.25) is 0 Å². The maximum atomic E-state index is 5.25. The highest BCUT2D eigenvalue weighted by atomic mass is 16.5. The molecule has 0 aliphatic rings. The van der Waals surface area contributed by atoms with E-state index in [1.54, 1.807) is 0 Å². The number of hydrogen-bond acceptors (Lipinski definition) is 1. The van der Waals surface area contributed by atoms with Crippen LogP contribution < -0.4 is 0 Å². The van der Waals surface area contributed by atoms with Crippen LogP contribution in [0.15, 0.2) is 12.4 Å². The number of aromatic nitrogens is 1. The van der Waals surface area contributed by atoms with Gasteiger partial charge < -0.3 is 9.30 Å². The molecule has 0 aromatic carbocycles. The molecule has 0 amide bonds. The van der Waals surface area contributed by atoms with Gasteiger partial charge >= 0.3 is 0 Å². The molecule has 0 spiro atoms. The summed E-state index contributed by atoms with van der Waals surface area (Å²) in [4.78, 5) is 0. The van der Waals surface area contributed by atoms with Crippen molar-refractivity contribution in [2.75, 3.05) is 6.61 Å². The fourth-order valence-electron chi connectivity index (χ4n) is 1.01. The van der Waals surface area contributed by atoms with Crippen molar-refractivity contribution in [1.82, 2.24) is 4.57 Å². The molecule has 0 fully saturated rings. The number of aryl methyl sites for hydroxylation is 2. The van der Waals surface area contributed by atoms with Crippen molar-refractivity contribution in [3.05, 3.63) is 23.5 Å². The fraction of sp³-hybridized carbons (Fsp3) is 0.556. The summed E-state index contributed by atoms with van der Waals surface area (Å²) in [7, 11) is 0. The van der Waals surface area contributed by atoms with E-state index >= 15 is 0 Å². The standard InChI is InChI=1S/C9H15NO/c1-4-11-7-10-5-8(2)9(3)6-10/h5-6H,4,7H2,1-3H3. The summed E-state index contributed by atoms with van der Waals surface area (Å²) in [6, 6.07) is 0. The molecule has 1 rings (SSSR count). The minimum absolute atomic E-state index is 0.672. The zero-order valence-electron chi connectivity index (χ0n) is 7.42. The van der Waals surface area contributed by atoms with Gasteiger partial charge in [0.25, 0.3) is 0 Å². The normalized spacial score (nSPS) is 10.5. The molecule has 1 aromatic rings. The van der Waals surface area contributed by atoms with Gasteiger partial charge in [0.1, 0.15) is 6.73 Å². The fourth-order valence-corrected chi connectivity index (χ4v) is 1.01. The van der Waals surface area contributed by atoms with Crippen molar-refractivity contribution in [3.8, 4) is 0 Å². The highest BCUT2D eigenvalue weighted by molar-refractivity contribution is 5.20. The summed E-state index contributed by atoms with van der Waals surface area (Å²) in [6.45, 7) is 7.67. The Kier molecular flexibility index (Phi) is 2.71. The van der Waals surface area contributed by atoms with Crippen molar-refractivity contribution >= 4 is 0 Å². The summed E-state index contributed by atoms with van der Waals surface area (Å²) in [5.41, 5.74) is 2.65. The molecular weight excluding hydrogens is 138 g/mol. The van der Waals surface area contributed by atoms with Crippen molar-refractivity contribution in [1.29, 1.82) is 0 Å². The summed E-state index contributed by atoms with van der Waals surface area (Å²) in [5, 5.41) is 0. The Morgan fingerprint density at radius 3 is 2.27 bits per heavy atom. The first kappa shape index (κ1) is 8.34. The quantitative estimate of drug-likeness (QED) is 0.648. The van der Waals surface area contributed by atoms with Crippen LogP contribution in [0.5, 0.6) is 0 Å². The zero-order chi connectivity index (χ0) is 8.27. The van der Waals surface area contributed by atoms with Gasteiger partial charge in [0.2, 0.25) is 0 Å². The summed E-state index contributed by atoms with van der Waals surface area (Å²) in [5.74, 6) is 0. The summed E-state index contributed by atoms with van der Waals surface area (Å²) >= 11 is 0. The van der Waals surface area contributed by atoms with E-state index < -0.39 is 0 Å². The first-order valence-corrected chi connectivity index (χ1v) is 3.94. The maximum Gasteiger partial charge on any atom is 0.122 e.